The summed E-state index contributed by atoms with van der Waals surface area (Å²) in [6.07, 6.45) is 5.45. The molecule has 0 spiro atoms. The number of carbonyl (C=O) groups excluding carboxylic acids is 2. The normalized spacial score (nSPS) is 11.8. The summed E-state index contributed by atoms with van der Waals surface area (Å²) in [6.45, 7) is 0. The van der Waals surface area contributed by atoms with Gasteiger partial charge in [0, 0.05) is 29.7 Å². The second-order valence-corrected chi connectivity index (χ2v) is 8.61. The van der Waals surface area contributed by atoms with Gasteiger partial charge in [-0.15, -0.1) is 0 Å². The van der Waals surface area contributed by atoms with Crippen molar-refractivity contribution in [2.45, 2.75) is 18.4 Å². The summed E-state index contributed by atoms with van der Waals surface area (Å²) < 4.78 is 0. The Balaban J connectivity index is 1.46. The molecule has 3 aromatic carbocycles. The highest BCUT2D eigenvalue weighted by atomic mass is 16.2. The summed E-state index contributed by atoms with van der Waals surface area (Å²) >= 11 is 0. The average molecular weight is 475 g/mol. The number of nitrogens with zero attached hydrogens (tertiary/aromatic N) is 1. The Kier molecular flexibility index (Phi) is 6.85. The maximum Gasteiger partial charge on any atom is 0.247 e. The van der Waals surface area contributed by atoms with Gasteiger partial charge in [-0.1, -0.05) is 78.9 Å². The largest absolute Gasteiger partial charge is 0.361 e. The first-order valence-corrected chi connectivity index (χ1v) is 11.8. The van der Waals surface area contributed by atoms with Gasteiger partial charge in [0.15, 0.2) is 0 Å². The predicted molar refractivity (Wildman–Crippen MR) is 142 cm³/mol. The van der Waals surface area contributed by atoms with E-state index < -0.39 is 12.0 Å². The maximum atomic E-state index is 13.8. The maximum absolute atomic E-state index is 13.8. The topological polar surface area (TPSA) is 86.9 Å². The van der Waals surface area contributed by atoms with Gasteiger partial charge in [-0.25, -0.2) is 0 Å². The van der Waals surface area contributed by atoms with Crippen molar-refractivity contribution in [1.82, 2.24) is 15.3 Å². The molecule has 0 saturated carbocycles. The first-order valence-electron chi connectivity index (χ1n) is 11.8. The number of aromatic nitrogens is 2. The molecule has 6 nitrogen and oxygen atoms in total. The molecule has 2 aromatic heterocycles. The van der Waals surface area contributed by atoms with Gasteiger partial charge in [-0.2, -0.15) is 0 Å². The number of hydrogen-bond donors (Lipinski definition) is 3. The molecule has 0 unspecified atom stereocenters. The number of carbonyl (C=O) groups is 2. The van der Waals surface area contributed by atoms with Crippen LogP contribution >= 0.6 is 0 Å². The summed E-state index contributed by atoms with van der Waals surface area (Å²) in [4.78, 5) is 34.6. The minimum atomic E-state index is -0.799. The number of anilines is 1. The standard InChI is InChI=1S/C30H26N4O2/c35-29(33-24-14-9-17-31-20-24)27(18-23-19-32-26-16-8-7-15-25(23)26)34-30(36)28(21-10-3-1-4-11-21)22-12-5-2-6-13-22/h1-17,19-20,27-28,32H,18H2,(H,33,35)(H,34,36)/t27-/m1/s1. The van der Waals surface area contributed by atoms with Gasteiger partial charge in [0.2, 0.25) is 11.8 Å². The van der Waals surface area contributed by atoms with E-state index in [1.54, 1.807) is 24.5 Å². The van der Waals surface area contributed by atoms with Crippen molar-refractivity contribution in [2.24, 2.45) is 0 Å². The van der Waals surface area contributed by atoms with Crippen LogP contribution in [0, 0.1) is 0 Å². The number of para-hydroxylation sites is 1. The Hall–Kier alpha value is -4.71. The zero-order valence-corrected chi connectivity index (χ0v) is 19.6. The molecule has 0 aliphatic carbocycles. The molecule has 0 radical (unpaired) electrons. The average Bonchev–Trinajstić information content (AvgIpc) is 3.33. The number of aromatic amines is 1. The Bertz CT molecular complexity index is 1410. The minimum Gasteiger partial charge on any atom is -0.361 e. The number of amides is 2. The van der Waals surface area contributed by atoms with Crippen LogP contribution in [0.5, 0.6) is 0 Å². The first-order chi connectivity index (χ1) is 17.7. The van der Waals surface area contributed by atoms with Gasteiger partial charge in [0.1, 0.15) is 6.04 Å². The van der Waals surface area contributed by atoms with Crippen LogP contribution in [0.1, 0.15) is 22.6 Å². The molecule has 0 aliphatic heterocycles. The van der Waals surface area contributed by atoms with E-state index in [1.165, 1.54) is 0 Å². The van der Waals surface area contributed by atoms with E-state index in [-0.39, 0.29) is 11.8 Å². The Morgan fingerprint density at radius 2 is 1.44 bits per heavy atom. The monoisotopic (exact) mass is 474 g/mol. The molecule has 5 aromatic rings. The van der Waals surface area contributed by atoms with E-state index in [1.807, 2.05) is 91.1 Å². The summed E-state index contributed by atoms with van der Waals surface area (Å²) in [5.41, 5.74) is 4.23. The van der Waals surface area contributed by atoms with Crippen molar-refractivity contribution in [3.05, 3.63) is 132 Å². The molecular formula is C30H26N4O2. The van der Waals surface area contributed by atoms with Crippen LogP contribution in [-0.2, 0) is 16.0 Å². The summed E-state index contributed by atoms with van der Waals surface area (Å²) in [7, 11) is 0. The molecule has 5 rings (SSSR count). The second kappa shape index (κ2) is 10.7. The predicted octanol–water partition coefficient (Wildman–Crippen LogP) is 5.06. The van der Waals surface area contributed by atoms with E-state index in [2.05, 4.69) is 20.6 Å². The number of H-pyrrole nitrogens is 1. The molecule has 2 heterocycles. The zero-order valence-electron chi connectivity index (χ0n) is 19.6. The van der Waals surface area contributed by atoms with E-state index in [4.69, 9.17) is 0 Å². The fourth-order valence-electron chi connectivity index (χ4n) is 4.44. The van der Waals surface area contributed by atoms with Gasteiger partial charge < -0.3 is 15.6 Å². The number of benzene rings is 3. The van der Waals surface area contributed by atoms with Gasteiger partial charge in [-0.05, 0) is 34.9 Å². The number of hydrogen-bond acceptors (Lipinski definition) is 3. The van der Waals surface area contributed by atoms with Crippen molar-refractivity contribution in [3.8, 4) is 0 Å². The second-order valence-electron chi connectivity index (χ2n) is 8.61. The lowest BCUT2D eigenvalue weighted by Crippen LogP contribution is -2.47. The van der Waals surface area contributed by atoms with Crippen molar-refractivity contribution in [2.75, 3.05) is 5.32 Å². The van der Waals surface area contributed by atoms with Gasteiger partial charge in [0.05, 0.1) is 17.8 Å². The van der Waals surface area contributed by atoms with E-state index in [0.717, 1.165) is 27.6 Å². The fourth-order valence-corrected chi connectivity index (χ4v) is 4.44. The number of fused-ring (bicyclic) bond motifs is 1. The highest BCUT2D eigenvalue weighted by Crippen LogP contribution is 2.26. The van der Waals surface area contributed by atoms with Crippen LogP contribution in [0.3, 0.4) is 0 Å². The van der Waals surface area contributed by atoms with Crippen molar-refractivity contribution in [3.63, 3.8) is 0 Å². The van der Waals surface area contributed by atoms with Gasteiger partial charge in [0.25, 0.3) is 0 Å². The van der Waals surface area contributed by atoms with Crippen LogP contribution in [0.15, 0.2) is 116 Å². The van der Waals surface area contributed by atoms with E-state index >= 15 is 0 Å². The van der Waals surface area contributed by atoms with Crippen LogP contribution in [-0.4, -0.2) is 27.8 Å². The molecule has 0 aliphatic rings. The minimum absolute atomic E-state index is 0.237. The highest BCUT2D eigenvalue weighted by molar-refractivity contribution is 5.99. The van der Waals surface area contributed by atoms with Crippen LogP contribution < -0.4 is 10.6 Å². The van der Waals surface area contributed by atoms with Gasteiger partial charge >= 0.3 is 0 Å². The first kappa shape index (κ1) is 23.1. The van der Waals surface area contributed by atoms with E-state index in [0.29, 0.717) is 12.1 Å². The summed E-state index contributed by atoms with van der Waals surface area (Å²) in [5, 5.41) is 6.97. The summed E-state index contributed by atoms with van der Waals surface area (Å²) in [5.74, 6) is -1.09. The third-order valence-electron chi connectivity index (χ3n) is 6.19. The van der Waals surface area contributed by atoms with E-state index in [9.17, 15) is 9.59 Å². The quantitative estimate of drug-likeness (QED) is 0.294. The molecule has 0 bridgehead atoms. The zero-order chi connectivity index (χ0) is 24.7. The molecule has 0 saturated heterocycles. The fraction of sp³-hybridized carbons (Fsp3) is 0.100. The lowest BCUT2D eigenvalue weighted by Gasteiger charge is -2.23. The Labute approximate surface area is 209 Å². The molecule has 178 valence electrons. The number of rotatable bonds is 8. The highest BCUT2D eigenvalue weighted by Gasteiger charge is 2.28. The van der Waals surface area contributed by atoms with Crippen LogP contribution in [0.4, 0.5) is 5.69 Å². The Morgan fingerprint density at radius 1 is 0.778 bits per heavy atom. The molecular weight excluding hydrogens is 448 g/mol. The number of nitrogens with one attached hydrogen (secondary N) is 3. The molecule has 36 heavy (non-hydrogen) atoms. The summed E-state index contributed by atoms with van der Waals surface area (Å²) in [6, 6.07) is 29.9. The Morgan fingerprint density at radius 3 is 2.11 bits per heavy atom. The molecule has 3 N–H and O–H groups in total. The lowest BCUT2D eigenvalue weighted by atomic mass is 9.90. The van der Waals surface area contributed by atoms with Crippen LogP contribution in [0.25, 0.3) is 10.9 Å². The third-order valence-corrected chi connectivity index (χ3v) is 6.19. The SMILES string of the molecule is O=C(N[C@H](Cc1c[nH]c2ccccc12)C(=O)Nc1cccnc1)C(c1ccccc1)c1ccccc1. The molecule has 2 amide bonds. The van der Waals surface area contributed by atoms with Crippen molar-refractivity contribution in [1.29, 1.82) is 0 Å². The van der Waals surface area contributed by atoms with Gasteiger partial charge in [-0.3, -0.25) is 14.6 Å². The smallest absolute Gasteiger partial charge is 0.247 e. The molecule has 0 fully saturated rings. The van der Waals surface area contributed by atoms with Crippen LogP contribution in [0.2, 0.25) is 0 Å². The lowest BCUT2D eigenvalue weighted by molar-refractivity contribution is -0.126. The molecule has 1 atom stereocenters. The third kappa shape index (κ3) is 5.18. The van der Waals surface area contributed by atoms with Crippen molar-refractivity contribution < 1.29 is 9.59 Å². The van der Waals surface area contributed by atoms with Crippen molar-refractivity contribution >= 4 is 28.4 Å². The molecule has 6 heteroatoms. The number of pyridine rings is 1.